The summed E-state index contributed by atoms with van der Waals surface area (Å²) in [5.74, 6) is 0.597. The van der Waals surface area contributed by atoms with Crippen molar-refractivity contribution in [2.45, 2.75) is 23.8 Å². The van der Waals surface area contributed by atoms with Crippen LogP contribution in [-0.4, -0.2) is 27.8 Å². The van der Waals surface area contributed by atoms with Crippen LogP contribution >= 0.6 is 11.8 Å². The van der Waals surface area contributed by atoms with Crippen LogP contribution in [0, 0.1) is 0 Å². The predicted molar refractivity (Wildman–Crippen MR) is 109 cm³/mol. The standard InChI is InChI=1S/C20H21N3O3S/c1-4-17(18(24)21-13-9-11-14(26-3)12-10-13)27-20-22-16-8-6-5-7-15(16)19(25)23(20)2/h5-12,17H,4H2,1-3H3,(H,21,24). The fourth-order valence-electron chi connectivity index (χ4n) is 2.65. The van der Waals surface area contributed by atoms with Gasteiger partial charge in [0.1, 0.15) is 5.75 Å². The Bertz CT molecular complexity index is 1020. The first kappa shape index (κ1) is 19.0. The van der Waals surface area contributed by atoms with E-state index < -0.39 is 0 Å². The lowest BCUT2D eigenvalue weighted by molar-refractivity contribution is -0.115. The van der Waals surface area contributed by atoms with Crippen molar-refractivity contribution in [3.63, 3.8) is 0 Å². The minimum absolute atomic E-state index is 0.117. The molecule has 27 heavy (non-hydrogen) atoms. The number of amides is 1. The van der Waals surface area contributed by atoms with Gasteiger partial charge in [0, 0.05) is 12.7 Å². The van der Waals surface area contributed by atoms with Crippen LogP contribution in [-0.2, 0) is 11.8 Å². The maximum Gasteiger partial charge on any atom is 0.261 e. The highest BCUT2D eigenvalue weighted by Gasteiger charge is 2.21. The molecule has 1 unspecified atom stereocenters. The zero-order valence-electron chi connectivity index (χ0n) is 15.4. The first-order valence-corrected chi connectivity index (χ1v) is 9.48. The third-order valence-electron chi connectivity index (χ3n) is 4.21. The Hall–Kier alpha value is -2.80. The third kappa shape index (κ3) is 4.14. The predicted octanol–water partition coefficient (Wildman–Crippen LogP) is 3.45. The summed E-state index contributed by atoms with van der Waals surface area (Å²) in [6.07, 6.45) is 0.606. The molecule has 2 aromatic carbocycles. The molecule has 0 aliphatic rings. The van der Waals surface area contributed by atoms with E-state index in [1.807, 2.05) is 19.1 Å². The van der Waals surface area contributed by atoms with Gasteiger partial charge in [-0.15, -0.1) is 0 Å². The van der Waals surface area contributed by atoms with E-state index >= 15 is 0 Å². The molecule has 1 amide bonds. The summed E-state index contributed by atoms with van der Waals surface area (Å²) in [5.41, 5.74) is 1.21. The molecule has 1 atom stereocenters. The van der Waals surface area contributed by atoms with E-state index in [9.17, 15) is 9.59 Å². The molecule has 3 aromatic rings. The normalized spacial score (nSPS) is 12.0. The Balaban J connectivity index is 1.81. The first-order valence-electron chi connectivity index (χ1n) is 8.60. The van der Waals surface area contributed by atoms with Gasteiger partial charge in [0.2, 0.25) is 5.91 Å². The highest BCUT2D eigenvalue weighted by Crippen LogP contribution is 2.25. The zero-order chi connectivity index (χ0) is 19.4. The number of nitrogens with zero attached hydrogens (tertiary/aromatic N) is 2. The quantitative estimate of drug-likeness (QED) is 0.521. The second-order valence-corrected chi connectivity index (χ2v) is 7.18. The van der Waals surface area contributed by atoms with Crippen LogP contribution in [0.25, 0.3) is 10.9 Å². The van der Waals surface area contributed by atoms with Gasteiger partial charge >= 0.3 is 0 Å². The van der Waals surface area contributed by atoms with Crippen molar-refractivity contribution in [3.8, 4) is 5.75 Å². The topological polar surface area (TPSA) is 73.2 Å². The number of benzene rings is 2. The van der Waals surface area contributed by atoms with Gasteiger partial charge in [-0.05, 0) is 42.8 Å². The number of carbonyl (C=O) groups excluding carboxylic acids is 1. The van der Waals surface area contributed by atoms with Crippen molar-refractivity contribution in [1.29, 1.82) is 0 Å². The number of fused-ring (bicyclic) bond motifs is 1. The number of hydrogen-bond donors (Lipinski definition) is 1. The molecule has 0 aliphatic carbocycles. The lowest BCUT2D eigenvalue weighted by Crippen LogP contribution is -2.27. The Morgan fingerprint density at radius 1 is 1.22 bits per heavy atom. The molecule has 1 aromatic heterocycles. The smallest absolute Gasteiger partial charge is 0.261 e. The van der Waals surface area contributed by atoms with E-state index in [-0.39, 0.29) is 16.7 Å². The summed E-state index contributed by atoms with van der Waals surface area (Å²) < 4.78 is 6.62. The van der Waals surface area contributed by atoms with Gasteiger partial charge < -0.3 is 10.1 Å². The van der Waals surface area contributed by atoms with Crippen LogP contribution in [0.3, 0.4) is 0 Å². The Labute approximate surface area is 161 Å². The number of ether oxygens (including phenoxy) is 1. The zero-order valence-corrected chi connectivity index (χ0v) is 16.2. The molecule has 0 saturated heterocycles. The van der Waals surface area contributed by atoms with Gasteiger partial charge in [0.05, 0.1) is 23.3 Å². The second kappa shape index (κ2) is 8.26. The number of rotatable bonds is 6. The minimum Gasteiger partial charge on any atom is -0.497 e. The second-order valence-electron chi connectivity index (χ2n) is 6.01. The van der Waals surface area contributed by atoms with Gasteiger partial charge in [0.25, 0.3) is 5.56 Å². The Morgan fingerprint density at radius 3 is 2.59 bits per heavy atom. The van der Waals surface area contributed by atoms with Crippen molar-refractivity contribution >= 4 is 34.3 Å². The summed E-state index contributed by atoms with van der Waals surface area (Å²) in [5, 5.41) is 3.63. The van der Waals surface area contributed by atoms with E-state index in [4.69, 9.17) is 4.74 Å². The van der Waals surface area contributed by atoms with E-state index in [2.05, 4.69) is 10.3 Å². The molecule has 1 N–H and O–H groups in total. The van der Waals surface area contributed by atoms with Crippen LogP contribution in [0.4, 0.5) is 5.69 Å². The molecule has 0 aliphatic heterocycles. The van der Waals surface area contributed by atoms with Crippen LogP contribution in [0.15, 0.2) is 58.5 Å². The summed E-state index contributed by atoms with van der Waals surface area (Å²) >= 11 is 1.29. The number of nitrogens with one attached hydrogen (secondary N) is 1. The van der Waals surface area contributed by atoms with Crippen molar-refractivity contribution < 1.29 is 9.53 Å². The largest absolute Gasteiger partial charge is 0.497 e. The van der Waals surface area contributed by atoms with Crippen molar-refractivity contribution in [3.05, 3.63) is 58.9 Å². The lowest BCUT2D eigenvalue weighted by atomic mass is 10.2. The number of hydrogen-bond acceptors (Lipinski definition) is 5. The van der Waals surface area contributed by atoms with Crippen LogP contribution in [0.5, 0.6) is 5.75 Å². The monoisotopic (exact) mass is 383 g/mol. The average Bonchev–Trinajstić information content (AvgIpc) is 2.70. The van der Waals surface area contributed by atoms with Crippen LogP contribution in [0.1, 0.15) is 13.3 Å². The number of methoxy groups -OCH3 is 1. The van der Waals surface area contributed by atoms with E-state index in [0.29, 0.717) is 28.2 Å². The van der Waals surface area contributed by atoms with Gasteiger partial charge in [-0.1, -0.05) is 30.8 Å². The molecule has 0 fully saturated rings. The fourth-order valence-corrected chi connectivity index (χ4v) is 3.63. The van der Waals surface area contributed by atoms with Crippen LogP contribution in [0.2, 0.25) is 0 Å². The average molecular weight is 383 g/mol. The number of anilines is 1. The van der Waals surface area contributed by atoms with E-state index in [1.54, 1.807) is 50.6 Å². The molecular formula is C20H21N3O3S. The summed E-state index contributed by atoms with van der Waals surface area (Å²) in [6.45, 7) is 1.93. The Morgan fingerprint density at radius 2 is 1.93 bits per heavy atom. The van der Waals surface area contributed by atoms with E-state index in [1.165, 1.54) is 16.3 Å². The summed E-state index contributed by atoms with van der Waals surface area (Å²) in [6, 6.07) is 14.4. The fraction of sp³-hybridized carbons (Fsp3) is 0.250. The molecular weight excluding hydrogens is 362 g/mol. The summed E-state index contributed by atoms with van der Waals surface area (Å²) in [7, 11) is 3.27. The molecule has 7 heteroatoms. The molecule has 140 valence electrons. The highest BCUT2D eigenvalue weighted by atomic mass is 32.2. The van der Waals surface area contributed by atoms with Gasteiger partial charge in [-0.25, -0.2) is 4.98 Å². The molecule has 0 saturated carbocycles. The first-order chi connectivity index (χ1) is 13.0. The van der Waals surface area contributed by atoms with Crippen molar-refractivity contribution in [2.24, 2.45) is 7.05 Å². The summed E-state index contributed by atoms with van der Waals surface area (Å²) in [4.78, 5) is 29.8. The molecule has 6 nitrogen and oxygen atoms in total. The molecule has 0 radical (unpaired) electrons. The van der Waals surface area contributed by atoms with Crippen LogP contribution < -0.4 is 15.6 Å². The maximum atomic E-state index is 12.7. The third-order valence-corrected chi connectivity index (χ3v) is 5.62. The number of carbonyl (C=O) groups is 1. The molecule has 0 bridgehead atoms. The molecule has 3 rings (SSSR count). The van der Waals surface area contributed by atoms with Gasteiger partial charge in [-0.2, -0.15) is 0 Å². The number of aromatic nitrogens is 2. The van der Waals surface area contributed by atoms with Gasteiger partial charge in [-0.3, -0.25) is 14.2 Å². The maximum absolute atomic E-state index is 12.7. The number of thioether (sulfide) groups is 1. The highest BCUT2D eigenvalue weighted by molar-refractivity contribution is 8.00. The lowest BCUT2D eigenvalue weighted by Gasteiger charge is -2.16. The van der Waals surface area contributed by atoms with Crippen molar-refractivity contribution in [1.82, 2.24) is 9.55 Å². The van der Waals surface area contributed by atoms with E-state index in [0.717, 1.165) is 5.75 Å². The minimum atomic E-state index is -0.369. The SMILES string of the molecule is CCC(Sc1nc2ccccc2c(=O)n1C)C(=O)Nc1ccc(OC)cc1. The Kier molecular flexibility index (Phi) is 5.81. The molecule has 1 heterocycles. The van der Waals surface area contributed by atoms with Crippen molar-refractivity contribution in [2.75, 3.05) is 12.4 Å². The van der Waals surface area contributed by atoms with Gasteiger partial charge in [0.15, 0.2) is 5.16 Å². The number of para-hydroxylation sites is 1. The molecule has 0 spiro atoms.